The molecule has 1 heterocycles. The predicted octanol–water partition coefficient (Wildman–Crippen LogP) is 2.16. The van der Waals surface area contributed by atoms with Crippen molar-refractivity contribution in [2.75, 3.05) is 13.7 Å². The Hall–Kier alpha value is -2.34. The smallest absolute Gasteiger partial charge is 0.342 e. The van der Waals surface area contributed by atoms with Crippen molar-refractivity contribution >= 4 is 11.8 Å². The first-order chi connectivity index (χ1) is 11.5. The van der Waals surface area contributed by atoms with E-state index in [1.54, 1.807) is 12.1 Å². The number of aryl methyl sites for hydroxylation is 1. The molecule has 1 aromatic carbocycles. The fourth-order valence-electron chi connectivity index (χ4n) is 2.64. The fourth-order valence-corrected chi connectivity index (χ4v) is 2.64. The highest BCUT2D eigenvalue weighted by Gasteiger charge is 2.20. The first-order valence-corrected chi connectivity index (χ1v) is 7.95. The third-order valence-electron chi connectivity index (χ3n) is 3.85. The number of phenolic OH excluding ortho intramolecular Hbond substituents is 1. The van der Waals surface area contributed by atoms with E-state index in [-0.39, 0.29) is 30.1 Å². The van der Waals surface area contributed by atoms with Crippen molar-refractivity contribution in [1.82, 2.24) is 0 Å². The predicted molar refractivity (Wildman–Crippen MR) is 87.3 cm³/mol. The Kier molecular flexibility index (Phi) is 6.37. The summed E-state index contributed by atoms with van der Waals surface area (Å²) in [6, 6.07) is 3.05. The molecule has 2 rings (SSSR count). The van der Waals surface area contributed by atoms with E-state index >= 15 is 0 Å². The van der Waals surface area contributed by atoms with Gasteiger partial charge in [-0.1, -0.05) is 6.08 Å². The summed E-state index contributed by atoms with van der Waals surface area (Å²) in [6.45, 7) is 0.107. The van der Waals surface area contributed by atoms with Gasteiger partial charge >= 0.3 is 5.97 Å². The molecule has 6 heteroatoms. The van der Waals surface area contributed by atoms with Crippen LogP contribution in [0.3, 0.4) is 0 Å². The Bertz CT molecular complexity index is 635. The fraction of sp³-hybridized carbons (Fsp3) is 0.444. The van der Waals surface area contributed by atoms with Gasteiger partial charge in [-0.3, -0.25) is 4.79 Å². The van der Waals surface area contributed by atoms with Crippen molar-refractivity contribution in [2.24, 2.45) is 0 Å². The maximum Gasteiger partial charge on any atom is 0.342 e. The number of cyclic esters (lactones) is 1. The first kappa shape index (κ1) is 18.0. The lowest BCUT2D eigenvalue weighted by Gasteiger charge is -2.14. The summed E-state index contributed by atoms with van der Waals surface area (Å²) in [5.41, 5.74) is 0.727. The lowest BCUT2D eigenvalue weighted by Crippen LogP contribution is -2.14. The number of carbonyl (C=O) groups excluding carboxylic acids is 2. The first-order valence-electron chi connectivity index (χ1n) is 7.95. The van der Waals surface area contributed by atoms with Crippen molar-refractivity contribution in [1.29, 1.82) is 0 Å². The van der Waals surface area contributed by atoms with E-state index in [2.05, 4.69) is 0 Å². The average molecular weight is 334 g/mol. The van der Waals surface area contributed by atoms with Gasteiger partial charge in [-0.25, -0.2) is 4.79 Å². The van der Waals surface area contributed by atoms with E-state index in [1.807, 2.05) is 0 Å². The second-order valence-corrected chi connectivity index (χ2v) is 5.72. The van der Waals surface area contributed by atoms with Gasteiger partial charge in [-0.15, -0.1) is 0 Å². The van der Waals surface area contributed by atoms with Crippen LogP contribution in [0.5, 0.6) is 11.5 Å². The van der Waals surface area contributed by atoms with E-state index in [4.69, 9.17) is 9.47 Å². The van der Waals surface area contributed by atoms with Gasteiger partial charge < -0.3 is 19.7 Å². The lowest BCUT2D eigenvalue weighted by molar-refractivity contribution is -0.116. The van der Waals surface area contributed by atoms with Crippen LogP contribution in [0.1, 0.15) is 41.6 Å². The molecule has 0 bridgehead atoms. The van der Waals surface area contributed by atoms with Gasteiger partial charge in [0.05, 0.1) is 19.8 Å². The molecule has 0 fully saturated rings. The number of aliphatic hydroxyl groups excluding tert-OH is 1. The molecule has 1 aromatic rings. The second-order valence-electron chi connectivity index (χ2n) is 5.72. The molecule has 0 saturated carbocycles. The monoisotopic (exact) mass is 334 g/mol. The lowest BCUT2D eigenvalue weighted by atomic mass is 9.98. The normalized spacial score (nSPS) is 21.3. The zero-order valence-corrected chi connectivity index (χ0v) is 13.7. The summed E-state index contributed by atoms with van der Waals surface area (Å²) in [4.78, 5) is 23.9. The van der Waals surface area contributed by atoms with Gasteiger partial charge in [0.25, 0.3) is 0 Å². The van der Waals surface area contributed by atoms with Crippen molar-refractivity contribution < 1.29 is 29.3 Å². The maximum atomic E-state index is 12.3. The topological polar surface area (TPSA) is 93.1 Å². The van der Waals surface area contributed by atoms with Crippen LogP contribution in [0.2, 0.25) is 0 Å². The SMILES string of the molecule is COc1cc(O)c2c(c1)CCC[C@H](O)CC(=O)/C=C\CCOC2=O. The van der Waals surface area contributed by atoms with Crippen LogP contribution >= 0.6 is 0 Å². The molecule has 1 atom stereocenters. The third-order valence-corrected chi connectivity index (χ3v) is 3.85. The number of phenols is 1. The molecular weight excluding hydrogens is 312 g/mol. The Morgan fingerprint density at radius 2 is 2.08 bits per heavy atom. The quantitative estimate of drug-likeness (QED) is 0.765. The number of ether oxygens (including phenoxy) is 2. The number of rotatable bonds is 1. The number of aliphatic hydroxyl groups is 1. The summed E-state index contributed by atoms with van der Waals surface area (Å²) in [5, 5.41) is 20.1. The molecule has 0 aromatic heterocycles. The zero-order valence-electron chi connectivity index (χ0n) is 13.7. The van der Waals surface area contributed by atoms with Crippen LogP contribution in [0.25, 0.3) is 0 Å². The summed E-state index contributed by atoms with van der Waals surface area (Å²) in [7, 11) is 1.48. The van der Waals surface area contributed by atoms with Gasteiger partial charge in [0, 0.05) is 12.5 Å². The minimum absolute atomic E-state index is 0.0759. The molecule has 1 aliphatic heterocycles. The molecular formula is C18H22O6. The molecule has 0 unspecified atom stereocenters. The average Bonchev–Trinajstić information content (AvgIpc) is 2.53. The number of hydrogen-bond acceptors (Lipinski definition) is 6. The van der Waals surface area contributed by atoms with E-state index < -0.39 is 12.1 Å². The minimum Gasteiger partial charge on any atom is -0.507 e. The standard InChI is InChI=1S/C18H22O6/c1-23-15-9-12-5-4-7-14(20)10-13(19)6-2-3-8-24-18(22)17(12)16(21)11-15/h2,6,9,11,14,20-21H,3-5,7-8,10H2,1H3/b6-2-/t14-/m0/s1. The summed E-state index contributed by atoms with van der Waals surface area (Å²) in [5.74, 6) is -0.500. The molecule has 0 saturated heterocycles. The van der Waals surface area contributed by atoms with Crippen molar-refractivity contribution in [3.63, 3.8) is 0 Å². The number of hydrogen-bond donors (Lipinski definition) is 2. The van der Waals surface area contributed by atoms with Gasteiger partial charge in [0.2, 0.25) is 0 Å². The van der Waals surface area contributed by atoms with Gasteiger partial charge in [0.1, 0.15) is 17.1 Å². The van der Waals surface area contributed by atoms with E-state index in [9.17, 15) is 19.8 Å². The van der Waals surface area contributed by atoms with Gasteiger partial charge in [-0.05, 0) is 43.4 Å². The number of carbonyl (C=O) groups is 2. The van der Waals surface area contributed by atoms with Crippen molar-refractivity contribution in [2.45, 2.75) is 38.2 Å². The molecule has 0 aliphatic carbocycles. The Morgan fingerprint density at radius 1 is 1.29 bits per heavy atom. The minimum atomic E-state index is -0.723. The molecule has 2 N–H and O–H groups in total. The second kappa shape index (κ2) is 8.49. The summed E-state index contributed by atoms with van der Waals surface area (Å²) in [6.07, 6.45) is 4.20. The number of fused-ring (bicyclic) bond motifs is 1. The zero-order chi connectivity index (χ0) is 17.5. The Balaban J connectivity index is 2.27. The van der Waals surface area contributed by atoms with Crippen molar-refractivity contribution in [3.8, 4) is 11.5 Å². The molecule has 0 amide bonds. The molecule has 1 aliphatic rings. The summed E-state index contributed by atoms with van der Waals surface area (Å²) >= 11 is 0. The van der Waals surface area contributed by atoms with E-state index in [0.717, 1.165) is 0 Å². The van der Waals surface area contributed by atoms with E-state index in [1.165, 1.54) is 19.3 Å². The molecule has 0 spiro atoms. The highest BCUT2D eigenvalue weighted by molar-refractivity contribution is 5.94. The summed E-state index contributed by atoms with van der Waals surface area (Å²) < 4.78 is 10.3. The van der Waals surface area contributed by atoms with Gasteiger partial charge in [0.15, 0.2) is 5.78 Å². The Labute approximate surface area is 140 Å². The Morgan fingerprint density at radius 3 is 2.83 bits per heavy atom. The number of allylic oxidation sites excluding steroid dienone is 1. The maximum absolute atomic E-state index is 12.3. The van der Waals surface area contributed by atoms with Crippen LogP contribution < -0.4 is 4.74 Å². The number of esters is 1. The van der Waals surface area contributed by atoms with Crippen molar-refractivity contribution in [3.05, 3.63) is 35.4 Å². The largest absolute Gasteiger partial charge is 0.507 e. The van der Waals surface area contributed by atoms with Crippen LogP contribution in [0.4, 0.5) is 0 Å². The van der Waals surface area contributed by atoms with Crippen LogP contribution in [0.15, 0.2) is 24.3 Å². The molecule has 130 valence electrons. The number of aromatic hydroxyl groups is 1. The third kappa shape index (κ3) is 4.83. The van der Waals surface area contributed by atoms with Crippen LogP contribution in [-0.2, 0) is 16.0 Å². The van der Waals surface area contributed by atoms with Crippen LogP contribution in [0, 0.1) is 0 Å². The van der Waals surface area contributed by atoms with Gasteiger partial charge in [-0.2, -0.15) is 0 Å². The molecule has 24 heavy (non-hydrogen) atoms. The van der Waals surface area contributed by atoms with Crippen LogP contribution in [-0.4, -0.2) is 41.8 Å². The molecule has 6 nitrogen and oxygen atoms in total. The number of methoxy groups -OCH3 is 1. The molecule has 0 radical (unpaired) electrons. The number of benzene rings is 1. The highest BCUT2D eigenvalue weighted by Crippen LogP contribution is 2.30. The van der Waals surface area contributed by atoms with E-state index in [0.29, 0.717) is 37.0 Å². The number of ketones is 1. The highest BCUT2D eigenvalue weighted by atomic mass is 16.5.